The standard InChI is InChI=1S/C15H24NO6P/c1-11(2)21-15(18)12(3)16-23(19,10-20-4)22-14-7-5-13(9-17)6-8-14/h5-8,11-12,17H,9-10H2,1-4H3,(H,16,19)/t12-,23?/m1/s1. The van der Waals surface area contributed by atoms with Gasteiger partial charge in [-0.25, -0.2) is 5.09 Å². The van der Waals surface area contributed by atoms with E-state index >= 15 is 0 Å². The summed E-state index contributed by atoms with van der Waals surface area (Å²) in [5.41, 5.74) is 0.709. The number of ether oxygens (including phenoxy) is 2. The van der Waals surface area contributed by atoms with Gasteiger partial charge in [0.1, 0.15) is 18.1 Å². The molecule has 0 bridgehead atoms. The maximum absolute atomic E-state index is 12.8. The molecule has 23 heavy (non-hydrogen) atoms. The largest absolute Gasteiger partial charge is 0.462 e. The van der Waals surface area contributed by atoms with Crippen LogP contribution >= 0.6 is 7.52 Å². The summed E-state index contributed by atoms with van der Waals surface area (Å²) < 4.78 is 28.3. The van der Waals surface area contributed by atoms with Gasteiger partial charge in [0.15, 0.2) is 0 Å². The molecule has 0 radical (unpaired) electrons. The van der Waals surface area contributed by atoms with Gasteiger partial charge >= 0.3 is 13.5 Å². The Morgan fingerprint density at radius 1 is 1.26 bits per heavy atom. The Labute approximate surface area is 136 Å². The predicted octanol–water partition coefficient (Wildman–Crippen LogP) is 2.28. The van der Waals surface area contributed by atoms with E-state index in [-0.39, 0.29) is 19.1 Å². The zero-order valence-electron chi connectivity index (χ0n) is 13.8. The van der Waals surface area contributed by atoms with Crippen molar-refractivity contribution < 1.29 is 28.5 Å². The summed E-state index contributed by atoms with van der Waals surface area (Å²) in [6, 6.07) is 5.68. The number of carbonyl (C=O) groups excluding carboxylic acids is 1. The highest BCUT2D eigenvalue weighted by Gasteiger charge is 2.30. The Morgan fingerprint density at radius 2 is 1.87 bits per heavy atom. The maximum atomic E-state index is 12.8. The van der Waals surface area contributed by atoms with E-state index < -0.39 is 19.5 Å². The van der Waals surface area contributed by atoms with Gasteiger partial charge in [0.05, 0.1) is 12.7 Å². The number of esters is 1. The molecule has 1 rings (SSSR count). The number of methoxy groups -OCH3 is 1. The second kappa shape index (κ2) is 9.03. The Bertz CT molecular complexity index is 545. The minimum atomic E-state index is -3.45. The van der Waals surface area contributed by atoms with Gasteiger partial charge in [0, 0.05) is 7.11 Å². The van der Waals surface area contributed by atoms with Crippen LogP contribution in [0.1, 0.15) is 26.3 Å². The molecule has 2 atom stereocenters. The first-order valence-electron chi connectivity index (χ1n) is 7.25. The van der Waals surface area contributed by atoms with Crippen LogP contribution in [0.25, 0.3) is 0 Å². The minimum Gasteiger partial charge on any atom is -0.462 e. The van der Waals surface area contributed by atoms with Gasteiger partial charge in [-0.2, -0.15) is 0 Å². The van der Waals surface area contributed by atoms with Crippen molar-refractivity contribution in [1.82, 2.24) is 5.09 Å². The van der Waals surface area contributed by atoms with Crippen LogP contribution in [0.5, 0.6) is 5.75 Å². The van der Waals surface area contributed by atoms with Crippen LogP contribution in [0.2, 0.25) is 0 Å². The molecule has 0 aliphatic carbocycles. The third-order valence-corrected chi connectivity index (χ3v) is 4.64. The summed E-state index contributed by atoms with van der Waals surface area (Å²) in [5, 5.41) is 11.7. The van der Waals surface area contributed by atoms with Crippen molar-refractivity contribution in [3.8, 4) is 5.75 Å². The van der Waals surface area contributed by atoms with Crippen LogP contribution in [-0.4, -0.2) is 36.7 Å². The number of benzene rings is 1. The molecule has 0 saturated carbocycles. The van der Waals surface area contributed by atoms with Crippen molar-refractivity contribution in [1.29, 1.82) is 0 Å². The first-order valence-corrected chi connectivity index (χ1v) is 9.06. The van der Waals surface area contributed by atoms with E-state index in [0.717, 1.165) is 0 Å². The van der Waals surface area contributed by atoms with Gasteiger partial charge in [0.25, 0.3) is 0 Å². The molecule has 0 saturated heterocycles. The lowest BCUT2D eigenvalue weighted by Crippen LogP contribution is -2.36. The maximum Gasteiger partial charge on any atom is 0.342 e. The molecular weight excluding hydrogens is 321 g/mol. The Morgan fingerprint density at radius 3 is 2.35 bits per heavy atom. The predicted molar refractivity (Wildman–Crippen MR) is 86.3 cm³/mol. The van der Waals surface area contributed by atoms with Gasteiger partial charge in [0.2, 0.25) is 0 Å². The zero-order chi connectivity index (χ0) is 17.5. The SMILES string of the molecule is COCP(=O)(N[C@H](C)C(=O)OC(C)C)Oc1ccc(CO)cc1. The zero-order valence-corrected chi connectivity index (χ0v) is 14.7. The number of carbonyl (C=O) groups is 1. The third kappa shape index (κ3) is 6.71. The average molecular weight is 345 g/mol. The van der Waals surface area contributed by atoms with Gasteiger partial charge in [-0.3, -0.25) is 9.36 Å². The number of rotatable bonds is 9. The van der Waals surface area contributed by atoms with Gasteiger partial charge in [-0.05, 0) is 38.5 Å². The van der Waals surface area contributed by atoms with E-state index in [1.165, 1.54) is 7.11 Å². The quantitative estimate of drug-likeness (QED) is 0.524. The number of hydrogen-bond acceptors (Lipinski definition) is 6. The second-order valence-corrected chi connectivity index (χ2v) is 7.37. The smallest absolute Gasteiger partial charge is 0.342 e. The number of aliphatic hydroxyl groups excluding tert-OH is 1. The topological polar surface area (TPSA) is 94.1 Å². The molecule has 0 amide bonds. The lowest BCUT2D eigenvalue weighted by Gasteiger charge is -2.23. The number of nitrogens with one attached hydrogen (secondary N) is 1. The molecule has 1 aromatic carbocycles. The molecule has 1 aromatic rings. The summed E-state index contributed by atoms with van der Waals surface area (Å²) in [6.45, 7) is 4.93. The van der Waals surface area contributed by atoms with E-state index in [2.05, 4.69) is 5.09 Å². The lowest BCUT2D eigenvalue weighted by molar-refractivity contribution is -0.149. The fourth-order valence-electron chi connectivity index (χ4n) is 1.77. The Hall–Kier alpha value is -1.40. The molecule has 0 spiro atoms. The normalized spacial score (nSPS) is 15.0. The highest BCUT2D eigenvalue weighted by Crippen LogP contribution is 2.43. The molecule has 0 fully saturated rings. The Balaban J connectivity index is 2.80. The molecule has 0 heterocycles. The van der Waals surface area contributed by atoms with E-state index in [0.29, 0.717) is 11.3 Å². The summed E-state index contributed by atoms with van der Waals surface area (Å²) in [6.07, 6.45) is -0.464. The second-order valence-electron chi connectivity index (χ2n) is 5.32. The minimum absolute atomic E-state index is 0.0909. The molecule has 8 heteroatoms. The molecule has 0 aromatic heterocycles. The van der Waals surface area contributed by atoms with Crippen LogP contribution in [0.3, 0.4) is 0 Å². The van der Waals surface area contributed by atoms with Crippen molar-refractivity contribution in [2.75, 3.05) is 13.5 Å². The molecule has 0 aliphatic rings. The van der Waals surface area contributed by atoms with Crippen molar-refractivity contribution in [3.05, 3.63) is 29.8 Å². The van der Waals surface area contributed by atoms with Crippen LogP contribution in [-0.2, 0) is 25.4 Å². The van der Waals surface area contributed by atoms with Crippen molar-refractivity contribution in [3.63, 3.8) is 0 Å². The van der Waals surface area contributed by atoms with E-state index in [4.69, 9.17) is 19.1 Å². The lowest BCUT2D eigenvalue weighted by atomic mass is 10.2. The highest BCUT2D eigenvalue weighted by molar-refractivity contribution is 7.57. The first-order chi connectivity index (χ1) is 10.8. The average Bonchev–Trinajstić information content (AvgIpc) is 2.47. The molecule has 0 aliphatic heterocycles. The van der Waals surface area contributed by atoms with Gasteiger partial charge in [-0.1, -0.05) is 12.1 Å². The van der Waals surface area contributed by atoms with E-state index in [1.807, 2.05) is 0 Å². The van der Waals surface area contributed by atoms with Gasteiger partial charge < -0.3 is 19.1 Å². The van der Waals surface area contributed by atoms with Crippen molar-refractivity contribution in [2.24, 2.45) is 0 Å². The monoisotopic (exact) mass is 345 g/mol. The molecule has 130 valence electrons. The van der Waals surface area contributed by atoms with Crippen LogP contribution in [0.15, 0.2) is 24.3 Å². The van der Waals surface area contributed by atoms with Crippen molar-refractivity contribution in [2.45, 2.75) is 39.5 Å². The fourth-order valence-corrected chi connectivity index (χ4v) is 3.45. The molecule has 7 nitrogen and oxygen atoms in total. The van der Waals surface area contributed by atoms with Crippen LogP contribution in [0.4, 0.5) is 0 Å². The van der Waals surface area contributed by atoms with E-state index in [1.54, 1.807) is 45.0 Å². The highest BCUT2D eigenvalue weighted by atomic mass is 31.2. The fraction of sp³-hybridized carbons (Fsp3) is 0.533. The Kier molecular flexibility index (Phi) is 7.72. The molecule has 2 N–H and O–H groups in total. The van der Waals surface area contributed by atoms with Gasteiger partial charge in [-0.15, -0.1) is 0 Å². The molecule has 1 unspecified atom stereocenters. The van der Waals surface area contributed by atoms with Crippen LogP contribution < -0.4 is 9.61 Å². The summed E-state index contributed by atoms with van der Waals surface area (Å²) in [5.74, 6) is -0.171. The molecular formula is C15H24NO6P. The van der Waals surface area contributed by atoms with E-state index in [9.17, 15) is 9.36 Å². The summed E-state index contributed by atoms with van der Waals surface area (Å²) in [7, 11) is -2.06. The first kappa shape index (κ1) is 19.6. The number of aliphatic hydroxyl groups is 1. The summed E-state index contributed by atoms with van der Waals surface area (Å²) >= 11 is 0. The van der Waals surface area contributed by atoms with Crippen LogP contribution in [0, 0.1) is 0 Å². The summed E-state index contributed by atoms with van der Waals surface area (Å²) in [4.78, 5) is 11.8. The third-order valence-electron chi connectivity index (χ3n) is 2.75. The van der Waals surface area contributed by atoms with Crippen molar-refractivity contribution >= 4 is 13.5 Å². The number of hydrogen-bond donors (Lipinski definition) is 2.